The van der Waals surface area contributed by atoms with Crippen molar-refractivity contribution in [3.63, 3.8) is 0 Å². The lowest BCUT2D eigenvalue weighted by Gasteiger charge is -2.17. The standard InChI is InChI=1S/C13H18N2O3/c1-3-14-7-13(16)15(2)8-10-4-5-11-12(6-10)18-9-17-11/h4-6,14H,3,7-9H2,1-2H3. The van der Waals surface area contributed by atoms with Gasteiger partial charge >= 0.3 is 0 Å². The van der Waals surface area contributed by atoms with Crippen molar-refractivity contribution < 1.29 is 14.3 Å². The SMILES string of the molecule is CCNCC(=O)N(C)Cc1ccc2c(c1)OCO2. The molecule has 0 saturated carbocycles. The number of amides is 1. The molecule has 1 aliphatic rings. The van der Waals surface area contributed by atoms with Crippen molar-refractivity contribution in [1.82, 2.24) is 10.2 Å². The second kappa shape index (κ2) is 5.73. The molecule has 5 heteroatoms. The van der Waals surface area contributed by atoms with E-state index in [9.17, 15) is 4.79 Å². The molecule has 0 saturated heterocycles. The van der Waals surface area contributed by atoms with Crippen LogP contribution in [-0.4, -0.2) is 37.7 Å². The summed E-state index contributed by atoms with van der Waals surface area (Å²) in [6.07, 6.45) is 0. The summed E-state index contributed by atoms with van der Waals surface area (Å²) in [6, 6.07) is 5.74. The van der Waals surface area contributed by atoms with Crippen molar-refractivity contribution in [2.24, 2.45) is 0 Å². The van der Waals surface area contributed by atoms with Crippen LogP contribution < -0.4 is 14.8 Å². The normalized spacial score (nSPS) is 12.6. The van der Waals surface area contributed by atoms with E-state index in [1.165, 1.54) is 0 Å². The molecule has 0 unspecified atom stereocenters. The molecule has 0 fully saturated rings. The zero-order valence-corrected chi connectivity index (χ0v) is 10.7. The highest BCUT2D eigenvalue weighted by Gasteiger charge is 2.15. The summed E-state index contributed by atoms with van der Waals surface area (Å²) in [5, 5.41) is 3.02. The van der Waals surface area contributed by atoms with Gasteiger partial charge in [-0.2, -0.15) is 0 Å². The molecule has 5 nitrogen and oxygen atoms in total. The highest BCUT2D eigenvalue weighted by molar-refractivity contribution is 5.77. The quantitative estimate of drug-likeness (QED) is 0.846. The molecule has 1 aliphatic heterocycles. The summed E-state index contributed by atoms with van der Waals surface area (Å²) in [5.74, 6) is 1.59. The minimum Gasteiger partial charge on any atom is -0.454 e. The van der Waals surface area contributed by atoms with Crippen LogP contribution in [0.5, 0.6) is 11.5 Å². The highest BCUT2D eigenvalue weighted by Crippen LogP contribution is 2.32. The maximum absolute atomic E-state index is 11.7. The van der Waals surface area contributed by atoms with E-state index in [-0.39, 0.29) is 12.7 Å². The van der Waals surface area contributed by atoms with Crippen LogP contribution in [-0.2, 0) is 11.3 Å². The number of nitrogens with one attached hydrogen (secondary N) is 1. The van der Waals surface area contributed by atoms with Crippen molar-refractivity contribution >= 4 is 5.91 Å². The third kappa shape index (κ3) is 2.92. The van der Waals surface area contributed by atoms with Crippen LogP contribution in [0.25, 0.3) is 0 Å². The second-order valence-electron chi connectivity index (χ2n) is 4.22. The lowest BCUT2D eigenvalue weighted by molar-refractivity contribution is -0.129. The number of nitrogens with zero attached hydrogens (tertiary/aromatic N) is 1. The van der Waals surface area contributed by atoms with Crippen LogP contribution in [0.1, 0.15) is 12.5 Å². The van der Waals surface area contributed by atoms with Crippen molar-refractivity contribution in [3.8, 4) is 11.5 Å². The van der Waals surface area contributed by atoms with Gasteiger partial charge in [-0.05, 0) is 24.2 Å². The zero-order valence-electron chi connectivity index (χ0n) is 10.7. The fraction of sp³-hybridized carbons (Fsp3) is 0.462. The Hall–Kier alpha value is -1.75. The van der Waals surface area contributed by atoms with E-state index in [1.54, 1.807) is 11.9 Å². The number of hydrogen-bond acceptors (Lipinski definition) is 4. The number of ether oxygens (including phenoxy) is 2. The van der Waals surface area contributed by atoms with Crippen LogP contribution >= 0.6 is 0 Å². The third-order valence-corrected chi connectivity index (χ3v) is 2.81. The summed E-state index contributed by atoms with van der Waals surface area (Å²) in [6.45, 7) is 3.99. The second-order valence-corrected chi connectivity index (χ2v) is 4.22. The molecule has 0 bridgehead atoms. The van der Waals surface area contributed by atoms with E-state index in [2.05, 4.69) is 5.32 Å². The predicted octanol–water partition coefficient (Wildman–Crippen LogP) is 0.983. The molecule has 1 aromatic rings. The number of benzene rings is 1. The van der Waals surface area contributed by atoms with Gasteiger partial charge in [-0.15, -0.1) is 0 Å². The Morgan fingerprint density at radius 3 is 2.94 bits per heavy atom. The summed E-state index contributed by atoms with van der Waals surface area (Å²) < 4.78 is 10.6. The topological polar surface area (TPSA) is 50.8 Å². The van der Waals surface area contributed by atoms with Gasteiger partial charge in [0, 0.05) is 13.6 Å². The van der Waals surface area contributed by atoms with Crippen LogP contribution in [0, 0.1) is 0 Å². The minimum atomic E-state index is 0.0783. The van der Waals surface area contributed by atoms with E-state index in [0.717, 1.165) is 23.6 Å². The lowest BCUT2D eigenvalue weighted by Crippen LogP contribution is -2.35. The van der Waals surface area contributed by atoms with E-state index >= 15 is 0 Å². The Labute approximate surface area is 107 Å². The Kier molecular flexibility index (Phi) is 4.04. The maximum Gasteiger partial charge on any atom is 0.236 e. The van der Waals surface area contributed by atoms with Gasteiger partial charge in [0.2, 0.25) is 12.7 Å². The molecule has 0 aliphatic carbocycles. The highest BCUT2D eigenvalue weighted by atomic mass is 16.7. The molecular weight excluding hydrogens is 232 g/mol. The molecule has 18 heavy (non-hydrogen) atoms. The van der Waals surface area contributed by atoms with Crippen LogP contribution in [0.2, 0.25) is 0 Å². The first-order valence-corrected chi connectivity index (χ1v) is 6.04. The number of likely N-dealkylation sites (N-methyl/N-ethyl adjacent to an activating group) is 2. The Morgan fingerprint density at radius 2 is 2.17 bits per heavy atom. The molecule has 98 valence electrons. The molecule has 0 radical (unpaired) electrons. The van der Waals surface area contributed by atoms with Crippen molar-refractivity contribution in [2.75, 3.05) is 26.9 Å². The number of carbonyl (C=O) groups excluding carboxylic acids is 1. The lowest BCUT2D eigenvalue weighted by atomic mass is 10.2. The molecule has 1 heterocycles. The predicted molar refractivity (Wildman–Crippen MR) is 67.6 cm³/mol. The van der Waals surface area contributed by atoms with Crippen LogP contribution in [0.4, 0.5) is 0 Å². The summed E-state index contributed by atoms with van der Waals surface area (Å²) >= 11 is 0. The van der Waals surface area contributed by atoms with Crippen LogP contribution in [0.3, 0.4) is 0 Å². The van der Waals surface area contributed by atoms with Gasteiger partial charge in [-0.3, -0.25) is 4.79 Å². The smallest absolute Gasteiger partial charge is 0.236 e. The van der Waals surface area contributed by atoms with Crippen molar-refractivity contribution in [2.45, 2.75) is 13.5 Å². The number of hydrogen-bond donors (Lipinski definition) is 1. The van der Waals surface area contributed by atoms with Gasteiger partial charge in [0.25, 0.3) is 0 Å². The minimum absolute atomic E-state index is 0.0783. The first-order valence-electron chi connectivity index (χ1n) is 6.04. The number of fused-ring (bicyclic) bond motifs is 1. The van der Waals surface area contributed by atoms with Gasteiger partial charge in [0.05, 0.1) is 6.54 Å². The largest absolute Gasteiger partial charge is 0.454 e. The van der Waals surface area contributed by atoms with Crippen molar-refractivity contribution in [3.05, 3.63) is 23.8 Å². The summed E-state index contributed by atoms with van der Waals surface area (Å²) in [7, 11) is 1.80. The monoisotopic (exact) mass is 250 g/mol. The van der Waals surface area contributed by atoms with Crippen molar-refractivity contribution in [1.29, 1.82) is 0 Å². The molecule has 0 atom stereocenters. The Morgan fingerprint density at radius 1 is 1.39 bits per heavy atom. The molecule has 0 spiro atoms. The number of rotatable bonds is 5. The zero-order chi connectivity index (χ0) is 13.0. The van der Waals surface area contributed by atoms with Gasteiger partial charge < -0.3 is 19.7 Å². The molecule has 1 amide bonds. The summed E-state index contributed by atoms with van der Waals surface area (Å²) in [4.78, 5) is 13.4. The molecule has 1 N–H and O–H groups in total. The fourth-order valence-corrected chi connectivity index (χ4v) is 1.77. The van der Waals surface area contributed by atoms with E-state index in [0.29, 0.717) is 13.1 Å². The number of carbonyl (C=O) groups is 1. The summed E-state index contributed by atoms with van der Waals surface area (Å²) in [5.41, 5.74) is 1.03. The average molecular weight is 250 g/mol. The Bertz CT molecular complexity index is 434. The molecule has 0 aromatic heterocycles. The first-order chi connectivity index (χ1) is 8.70. The van der Waals surface area contributed by atoms with Crippen LogP contribution in [0.15, 0.2) is 18.2 Å². The van der Waals surface area contributed by atoms with Gasteiger partial charge in [-0.1, -0.05) is 13.0 Å². The third-order valence-electron chi connectivity index (χ3n) is 2.81. The van der Waals surface area contributed by atoms with E-state index in [4.69, 9.17) is 9.47 Å². The van der Waals surface area contributed by atoms with Gasteiger partial charge in [-0.25, -0.2) is 0 Å². The molecular formula is C13H18N2O3. The van der Waals surface area contributed by atoms with Gasteiger partial charge in [0.15, 0.2) is 11.5 Å². The van der Waals surface area contributed by atoms with Gasteiger partial charge in [0.1, 0.15) is 0 Å². The van der Waals surface area contributed by atoms with E-state index in [1.807, 2.05) is 25.1 Å². The first kappa shape index (κ1) is 12.7. The Balaban J connectivity index is 1.94. The fourth-order valence-electron chi connectivity index (χ4n) is 1.77. The van der Waals surface area contributed by atoms with E-state index < -0.39 is 0 Å². The maximum atomic E-state index is 11.7. The molecule has 2 rings (SSSR count). The average Bonchev–Trinajstić information content (AvgIpc) is 2.83. The molecule has 1 aromatic carbocycles.